The lowest BCUT2D eigenvalue weighted by Gasteiger charge is -2.15. The van der Waals surface area contributed by atoms with Crippen molar-refractivity contribution in [1.82, 2.24) is 14.9 Å². The van der Waals surface area contributed by atoms with Crippen LogP contribution < -0.4 is 15.4 Å². The highest BCUT2D eigenvalue weighted by atomic mass is 16.5. The van der Waals surface area contributed by atoms with Crippen LogP contribution in [0.1, 0.15) is 5.56 Å². The van der Waals surface area contributed by atoms with Crippen molar-refractivity contribution >= 4 is 34.0 Å². The van der Waals surface area contributed by atoms with Crippen molar-refractivity contribution in [2.45, 2.75) is 0 Å². The number of likely N-dealkylation sites (N-methyl/N-ethyl adjacent to an activating group) is 1. The van der Waals surface area contributed by atoms with E-state index in [-0.39, 0.29) is 5.91 Å². The first-order valence-electron chi connectivity index (χ1n) is 10.4. The Hall–Kier alpha value is -3.93. The number of hydrogen-bond donors (Lipinski definition) is 2. The summed E-state index contributed by atoms with van der Waals surface area (Å²) in [4.78, 5) is 23.2. The Morgan fingerprint density at radius 1 is 1.21 bits per heavy atom. The molecule has 3 aromatic rings. The first-order valence-corrected chi connectivity index (χ1v) is 10.4. The molecule has 2 aromatic carbocycles. The van der Waals surface area contributed by atoms with Gasteiger partial charge in [0, 0.05) is 42.4 Å². The normalized spacial score (nSPS) is 11.0. The number of anilines is 3. The molecular formula is C25H27N5O3. The fourth-order valence-corrected chi connectivity index (χ4v) is 3.00. The number of benzene rings is 2. The van der Waals surface area contributed by atoms with Crippen LogP contribution in [0.25, 0.3) is 10.9 Å². The summed E-state index contributed by atoms with van der Waals surface area (Å²) < 4.78 is 10.9. The lowest BCUT2D eigenvalue weighted by Crippen LogP contribution is -2.14. The molecule has 0 aliphatic heterocycles. The molecule has 8 heteroatoms. The van der Waals surface area contributed by atoms with E-state index in [9.17, 15) is 4.79 Å². The summed E-state index contributed by atoms with van der Waals surface area (Å²) in [5, 5.41) is 6.89. The number of carbonyl (C=O) groups excluding carboxylic acids is 1. The van der Waals surface area contributed by atoms with Gasteiger partial charge in [0.15, 0.2) is 0 Å². The van der Waals surface area contributed by atoms with E-state index in [4.69, 9.17) is 15.9 Å². The second-order valence-corrected chi connectivity index (χ2v) is 7.43. The van der Waals surface area contributed by atoms with Crippen LogP contribution in [0.15, 0.2) is 54.9 Å². The standard InChI is InChI=1S/C25H27N5O3/c1-5-18-8-6-9-19(14-18)28-25-20-15-22(29-24(31)10-7-11-30(2)3)23(33-13-12-32-4)16-21(20)26-17-27-25/h1,6-10,14-17H,11-13H2,2-4H3,(H,29,31)(H,26,27,28)/b10-7+. The van der Waals surface area contributed by atoms with Crippen LogP contribution in [0, 0.1) is 12.3 Å². The molecule has 0 bridgehead atoms. The van der Waals surface area contributed by atoms with Gasteiger partial charge in [-0.3, -0.25) is 4.79 Å². The Morgan fingerprint density at radius 3 is 2.82 bits per heavy atom. The Labute approximate surface area is 193 Å². The summed E-state index contributed by atoms with van der Waals surface area (Å²) in [7, 11) is 5.46. The third-order valence-electron chi connectivity index (χ3n) is 4.57. The van der Waals surface area contributed by atoms with Gasteiger partial charge in [-0.05, 0) is 38.4 Å². The number of ether oxygens (including phenoxy) is 2. The molecule has 170 valence electrons. The number of nitrogens with zero attached hydrogens (tertiary/aromatic N) is 3. The van der Waals surface area contributed by atoms with Crippen molar-refractivity contribution in [1.29, 1.82) is 0 Å². The van der Waals surface area contributed by atoms with E-state index in [1.54, 1.807) is 25.3 Å². The number of terminal acetylenes is 1. The molecule has 1 aromatic heterocycles. The molecule has 3 rings (SSSR count). The van der Waals surface area contributed by atoms with Gasteiger partial charge in [0.05, 0.1) is 17.8 Å². The fourth-order valence-electron chi connectivity index (χ4n) is 3.00. The molecule has 0 aliphatic rings. The molecule has 0 fully saturated rings. The number of methoxy groups -OCH3 is 1. The highest BCUT2D eigenvalue weighted by molar-refractivity contribution is 6.03. The number of rotatable bonds is 10. The van der Waals surface area contributed by atoms with E-state index in [0.29, 0.717) is 42.5 Å². The lowest BCUT2D eigenvalue weighted by atomic mass is 10.1. The minimum absolute atomic E-state index is 0.263. The van der Waals surface area contributed by atoms with Crippen LogP contribution in [0.5, 0.6) is 5.75 Å². The van der Waals surface area contributed by atoms with Crippen molar-refractivity contribution in [3.8, 4) is 18.1 Å². The van der Waals surface area contributed by atoms with Gasteiger partial charge in [-0.25, -0.2) is 9.97 Å². The first-order chi connectivity index (χ1) is 16.0. The molecule has 8 nitrogen and oxygen atoms in total. The largest absolute Gasteiger partial charge is 0.489 e. The van der Waals surface area contributed by atoms with E-state index in [1.807, 2.05) is 43.3 Å². The lowest BCUT2D eigenvalue weighted by molar-refractivity contribution is -0.111. The summed E-state index contributed by atoms with van der Waals surface area (Å²) in [5.41, 5.74) is 2.72. The SMILES string of the molecule is C#Cc1cccc(Nc2ncnc3cc(OCCOC)c(NC(=O)/C=C/CN(C)C)cc23)c1. The summed E-state index contributed by atoms with van der Waals surface area (Å²) in [6.45, 7) is 1.40. The molecule has 0 saturated carbocycles. The van der Waals surface area contributed by atoms with Gasteiger partial charge in [0.25, 0.3) is 0 Å². The highest BCUT2D eigenvalue weighted by Crippen LogP contribution is 2.33. The second kappa shape index (κ2) is 11.6. The van der Waals surface area contributed by atoms with Crippen molar-refractivity contribution in [3.05, 3.63) is 60.4 Å². The zero-order valence-corrected chi connectivity index (χ0v) is 19.0. The summed E-state index contributed by atoms with van der Waals surface area (Å²) in [5.74, 6) is 3.43. The third-order valence-corrected chi connectivity index (χ3v) is 4.57. The topological polar surface area (TPSA) is 88.6 Å². The van der Waals surface area contributed by atoms with Crippen LogP contribution in [-0.2, 0) is 9.53 Å². The summed E-state index contributed by atoms with van der Waals surface area (Å²) in [6.07, 6.45) is 10.3. The molecular weight excluding hydrogens is 418 g/mol. The summed E-state index contributed by atoms with van der Waals surface area (Å²) >= 11 is 0. The predicted molar refractivity (Wildman–Crippen MR) is 131 cm³/mol. The Morgan fingerprint density at radius 2 is 2.06 bits per heavy atom. The second-order valence-electron chi connectivity index (χ2n) is 7.43. The minimum atomic E-state index is -0.263. The molecule has 0 aliphatic carbocycles. The van der Waals surface area contributed by atoms with Gasteiger partial charge >= 0.3 is 0 Å². The van der Waals surface area contributed by atoms with E-state index >= 15 is 0 Å². The maximum absolute atomic E-state index is 12.5. The zero-order chi connectivity index (χ0) is 23.6. The molecule has 1 amide bonds. The van der Waals surface area contributed by atoms with Gasteiger partial charge in [0.2, 0.25) is 5.91 Å². The number of fused-ring (bicyclic) bond motifs is 1. The van der Waals surface area contributed by atoms with Crippen LogP contribution in [0.2, 0.25) is 0 Å². The maximum atomic E-state index is 12.5. The molecule has 0 atom stereocenters. The average molecular weight is 446 g/mol. The number of aromatic nitrogens is 2. The van der Waals surface area contributed by atoms with Gasteiger partial charge < -0.3 is 25.0 Å². The summed E-state index contributed by atoms with van der Waals surface area (Å²) in [6, 6.07) is 11.0. The number of carbonyl (C=O) groups is 1. The highest BCUT2D eigenvalue weighted by Gasteiger charge is 2.13. The molecule has 2 N–H and O–H groups in total. The number of hydrogen-bond acceptors (Lipinski definition) is 7. The maximum Gasteiger partial charge on any atom is 0.248 e. The van der Waals surface area contributed by atoms with Crippen LogP contribution in [0.3, 0.4) is 0 Å². The molecule has 1 heterocycles. The van der Waals surface area contributed by atoms with E-state index in [2.05, 4.69) is 26.5 Å². The van der Waals surface area contributed by atoms with E-state index < -0.39 is 0 Å². The first kappa shape index (κ1) is 23.7. The zero-order valence-electron chi connectivity index (χ0n) is 19.0. The predicted octanol–water partition coefficient (Wildman–Crippen LogP) is 3.44. The van der Waals surface area contributed by atoms with E-state index in [0.717, 1.165) is 16.6 Å². The van der Waals surface area contributed by atoms with Crippen LogP contribution in [-0.4, -0.2) is 61.7 Å². The smallest absolute Gasteiger partial charge is 0.248 e. The minimum Gasteiger partial charge on any atom is -0.489 e. The number of amides is 1. The molecule has 0 spiro atoms. The van der Waals surface area contributed by atoms with Gasteiger partial charge in [0.1, 0.15) is 24.5 Å². The van der Waals surface area contributed by atoms with E-state index in [1.165, 1.54) is 12.4 Å². The molecule has 0 saturated heterocycles. The fraction of sp³-hybridized carbons (Fsp3) is 0.240. The van der Waals surface area contributed by atoms with Crippen LogP contribution in [0.4, 0.5) is 17.2 Å². The Kier molecular flexibility index (Phi) is 8.36. The molecule has 0 unspecified atom stereocenters. The molecule has 33 heavy (non-hydrogen) atoms. The average Bonchev–Trinajstić information content (AvgIpc) is 2.80. The van der Waals surface area contributed by atoms with Gasteiger partial charge in [-0.1, -0.05) is 18.1 Å². The Bertz CT molecular complexity index is 1180. The third kappa shape index (κ3) is 6.77. The van der Waals surface area contributed by atoms with Gasteiger partial charge in [-0.2, -0.15) is 0 Å². The number of nitrogens with one attached hydrogen (secondary N) is 2. The van der Waals surface area contributed by atoms with Gasteiger partial charge in [-0.15, -0.1) is 6.42 Å². The van der Waals surface area contributed by atoms with Crippen molar-refractivity contribution in [3.63, 3.8) is 0 Å². The quantitative estimate of drug-likeness (QED) is 0.281. The van der Waals surface area contributed by atoms with Crippen LogP contribution >= 0.6 is 0 Å². The van der Waals surface area contributed by atoms with Crippen molar-refractivity contribution < 1.29 is 14.3 Å². The Balaban J connectivity index is 1.96. The van der Waals surface area contributed by atoms with Crippen molar-refractivity contribution in [2.75, 3.05) is 51.6 Å². The monoisotopic (exact) mass is 445 g/mol. The molecule has 0 radical (unpaired) electrons. The van der Waals surface area contributed by atoms with Crippen molar-refractivity contribution in [2.24, 2.45) is 0 Å².